The number of rotatable bonds is 7. The van der Waals surface area contributed by atoms with Crippen LogP contribution in [-0.2, 0) is 13.1 Å². The number of hydrogen-bond donors (Lipinski definition) is 4. The molecule has 8 aromatic rings. The molecule has 1 aliphatic heterocycles. The minimum Gasteiger partial charge on any atom is -0.456 e. The highest BCUT2D eigenvalue weighted by molar-refractivity contribution is 7.99. The molecule has 9 rings (SSSR count). The molecule has 1 aromatic heterocycles. The molecule has 1 aliphatic rings. The van der Waals surface area contributed by atoms with Crippen LogP contribution in [0.5, 0.6) is 0 Å². The number of anilines is 5. The van der Waals surface area contributed by atoms with E-state index in [-0.39, 0.29) is 0 Å². The maximum atomic E-state index is 5.93. The molecule has 0 radical (unpaired) electrons. The van der Waals surface area contributed by atoms with E-state index in [9.17, 15) is 0 Å². The molecule has 0 atom stereocenters. The standard InChI is InChI=1S/C23H18N2S.C21H20N2O/c1-2-9-19-16(6-1)7-5-8-17(19)15-24-18-12-13-23-21(14-18)25-20-10-3-4-11-22(20)26-23;1-14-5-3-4-6-15(14)13-23-17-8-10-21-19(12-17)18-11-16(22-2)7-9-20(18)24-21/h1-14,24-25H,15H2;3-12,22-23H,13H2,1-2H3. The van der Waals surface area contributed by atoms with Crippen LogP contribution in [0.2, 0.25) is 0 Å². The third-order valence-electron chi connectivity index (χ3n) is 9.22. The Morgan fingerprint density at radius 1 is 0.540 bits per heavy atom. The van der Waals surface area contributed by atoms with Crippen molar-refractivity contribution in [3.8, 4) is 0 Å². The zero-order valence-electron chi connectivity index (χ0n) is 28.1. The molecule has 0 aliphatic carbocycles. The van der Waals surface area contributed by atoms with Crippen LogP contribution in [0.15, 0.2) is 160 Å². The summed E-state index contributed by atoms with van der Waals surface area (Å²) in [6.45, 7) is 3.77. The van der Waals surface area contributed by atoms with Gasteiger partial charge in [-0.2, -0.15) is 0 Å². The van der Waals surface area contributed by atoms with E-state index in [2.05, 4.69) is 156 Å². The molecule has 7 aromatic carbocycles. The monoisotopic (exact) mass is 670 g/mol. The third kappa shape index (κ3) is 6.58. The molecule has 0 amide bonds. The SMILES string of the molecule is CNc1ccc2oc3ccc(NCc4ccccc4C)cc3c2c1.c1ccc2c(c1)Nc1cc(NCc3cccc4ccccc34)ccc1S2. The summed E-state index contributed by atoms with van der Waals surface area (Å²) in [5.74, 6) is 0. The lowest BCUT2D eigenvalue weighted by atomic mass is 10.0. The Morgan fingerprint density at radius 2 is 1.16 bits per heavy atom. The van der Waals surface area contributed by atoms with E-state index in [1.54, 1.807) is 0 Å². The fraction of sp³-hybridized carbons (Fsp3) is 0.0909. The molecule has 0 saturated heterocycles. The van der Waals surface area contributed by atoms with Crippen LogP contribution in [0.4, 0.5) is 28.4 Å². The van der Waals surface area contributed by atoms with E-state index >= 15 is 0 Å². The van der Waals surface area contributed by atoms with Gasteiger partial charge in [-0.1, -0.05) is 90.6 Å². The van der Waals surface area contributed by atoms with E-state index in [4.69, 9.17) is 4.42 Å². The smallest absolute Gasteiger partial charge is 0.135 e. The Labute approximate surface area is 296 Å². The molecular weight excluding hydrogens is 633 g/mol. The third-order valence-corrected chi connectivity index (χ3v) is 10.4. The van der Waals surface area contributed by atoms with Crippen molar-refractivity contribution in [1.29, 1.82) is 0 Å². The molecule has 50 heavy (non-hydrogen) atoms. The van der Waals surface area contributed by atoms with Gasteiger partial charge in [-0.15, -0.1) is 0 Å². The summed E-state index contributed by atoms with van der Waals surface area (Å²) in [6.07, 6.45) is 0. The van der Waals surface area contributed by atoms with Crippen LogP contribution in [0, 0.1) is 6.92 Å². The van der Waals surface area contributed by atoms with E-state index in [0.717, 1.165) is 57.8 Å². The van der Waals surface area contributed by atoms with E-state index in [1.807, 2.05) is 37.0 Å². The van der Waals surface area contributed by atoms with Gasteiger partial charge in [-0.3, -0.25) is 0 Å². The Balaban J connectivity index is 0.000000145. The van der Waals surface area contributed by atoms with Gasteiger partial charge in [0.05, 0.1) is 11.4 Å². The highest BCUT2D eigenvalue weighted by Crippen LogP contribution is 2.44. The number of furan rings is 1. The first-order chi connectivity index (χ1) is 24.6. The van der Waals surface area contributed by atoms with Crippen LogP contribution in [0.1, 0.15) is 16.7 Å². The molecule has 0 saturated carbocycles. The molecule has 6 heteroatoms. The van der Waals surface area contributed by atoms with Crippen molar-refractivity contribution in [2.24, 2.45) is 0 Å². The average molecular weight is 671 g/mol. The van der Waals surface area contributed by atoms with Crippen molar-refractivity contribution in [2.75, 3.05) is 28.3 Å². The van der Waals surface area contributed by atoms with Gasteiger partial charge in [0.1, 0.15) is 11.2 Å². The molecule has 4 N–H and O–H groups in total. The second-order valence-corrected chi connectivity index (χ2v) is 13.6. The minimum absolute atomic E-state index is 0.809. The maximum absolute atomic E-state index is 5.93. The van der Waals surface area contributed by atoms with Gasteiger partial charge < -0.3 is 25.7 Å². The molecule has 0 fully saturated rings. The van der Waals surface area contributed by atoms with Gasteiger partial charge in [0.25, 0.3) is 0 Å². The summed E-state index contributed by atoms with van der Waals surface area (Å²) >= 11 is 1.82. The summed E-state index contributed by atoms with van der Waals surface area (Å²) in [4.78, 5) is 2.54. The van der Waals surface area contributed by atoms with Gasteiger partial charge in [-0.05, 0) is 101 Å². The number of nitrogens with one attached hydrogen (secondary N) is 4. The predicted octanol–water partition coefficient (Wildman–Crippen LogP) is 12.2. The fourth-order valence-electron chi connectivity index (χ4n) is 6.44. The molecule has 0 unspecified atom stereocenters. The lowest BCUT2D eigenvalue weighted by Gasteiger charge is -2.21. The van der Waals surface area contributed by atoms with Gasteiger partial charge in [0.15, 0.2) is 0 Å². The van der Waals surface area contributed by atoms with Gasteiger partial charge >= 0.3 is 0 Å². The Kier molecular flexibility index (Phi) is 8.76. The first kappa shape index (κ1) is 31.4. The quantitative estimate of drug-likeness (QED) is 0.135. The highest BCUT2D eigenvalue weighted by atomic mass is 32.2. The van der Waals surface area contributed by atoms with Crippen molar-refractivity contribution in [1.82, 2.24) is 0 Å². The van der Waals surface area contributed by atoms with Crippen LogP contribution in [0.3, 0.4) is 0 Å². The fourth-order valence-corrected chi connectivity index (χ4v) is 7.41. The normalized spacial score (nSPS) is 11.6. The second-order valence-electron chi connectivity index (χ2n) is 12.5. The largest absolute Gasteiger partial charge is 0.456 e. The molecule has 5 nitrogen and oxygen atoms in total. The second kappa shape index (κ2) is 13.9. The maximum Gasteiger partial charge on any atom is 0.135 e. The molecule has 2 heterocycles. The Hall–Kier alpha value is -5.85. The van der Waals surface area contributed by atoms with Gasteiger partial charge in [0.2, 0.25) is 0 Å². The summed E-state index contributed by atoms with van der Waals surface area (Å²) in [5, 5.41) is 18.7. The summed E-state index contributed by atoms with van der Waals surface area (Å²) in [5.41, 5.74) is 11.4. The summed E-state index contributed by atoms with van der Waals surface area (Å²) in [6, 6.07) is 50.9. The van der Waals surface area contributed by atoms with Gasteiger partial charge in [-0.25, -0.2) is 0 Å². The van der Waals surface area contributed by atoms with Crippen LogP contribution in [-0.4, -0.2) is 7.05 Å². The topological polar surface area (TPSA) is 61.3 Å². The lowest BCUT2D eigenvalue weighted by molar-refractivity contribution is 0.669. The number of para-hydroxylation sites is 1. The number of fused-ring (bicyclic) bond motifs is 6. The predicted molar refractivity (Wildman–Crippen MR) is 213 cm³/mol. The zero-order chi connectivity index (χ0) is 33.9. The van der Waals surface area contributed by atoms with Crippen molar-refractivity contribution in [3.63, 3.8) is 0 Å². The number of benzene rings is 7. The van der Waals surface area contributed by atoms with Crippen molar-refractivity contribution in [2.45, 2.75) is 29.8 Å². The molecule has 246 valence electrons. The first-order valence-corrected chi connectivity index (χ1v) is 17.7. The van der Waals surface area contributed by atoms with E-state index in [0.29, 0.717) is 0 Å². The number of hydrogen-bond acceptors (Lipinski definition) is 6. The average Bonchev–Trinajstić information content (AvgIpc) is 3.53. The lowest BCUT2D eigenvalue weighted by Crippen LogP contribution is -2.03. The van der Waals surface area contributed by atoms with Gasteiger partial charge in [0, 0.05) is 57.8 Å². The molecular formula is C44H38N4OS. The Bertz CT molecular complexity index is 2460. The molecule has 0 bridgehead atoms. The highest BCUT2D eigenvalue weighted by Gasteiger charge is 2.15. The van der Waals surface area contributed by atoms with Crippen molar-refractivity contribution >= 4 is 72.9 Å². The van der Waals surface area contributed by atoms with Crippen molar-refractivity contribution in [3.05, 3.63) is 162 Å². The van der Waals surface area contributed by atoms with E-state index in [1.165, 1.54) is 42.9 Å². The van der Waals surface area contributed by atoms with Crippen LogP contribution >= 0.6 is 11.8 Å². The first-order valence-electron chi connectivity index (χ1n) is 16.9. The molecule has 0 spiro atoms. The summed E-state index contributed by atoms with van der Waals surface area (Å²) < 4.78 is 5.93. The minimum atomic E-state index is 0.809. The summed E-state index contributed by atoms with van der Waals surface area (Å²) in [7, 11) is 1.93. The van der Waals surface area contributed by atoms with Crippen molar-refractivity contribution < 1.29 is 4.42 Å². The zero-order valence-corrected chi connectivity index (χ0v) is 28.9. The van der Waals surface area contributed by atoms with Crippen LogP contribution in [0.25, 0.3) is 32.7 Å². The van der Waals surface area contributed by atoms with Crippen LogP contribution < -0.4 is 21.3 Å². The Morgan fingerprint density at radius 3 is 2.00 bits per heavy atom. The number of aryl methyl sites for hydroxylation is 1. The van der Waals surface area contributed by atoms with E-state index < -0.39 is 0 Å².